The Morgan fingerprint density at radius 2 is 1.42 bits per heavy atom. The lowest BCUT2D eigenvalue weighted by Gasteiger charge is -2.20. The van der Waals surface area contributed by atoms with Crippen LogP contribution in [0.4, 0.5) is 0 Å². The molecule has 0 saturated heterocycles. The van der Waals surface area contributed by atoms with Gasteiger partial charge in [0.15, 0.2) is 5.78 Å². The standard InChI is InChI=1S/C35H34O8/c1-43-32-21-31(41)33(35(42)34(32)30(40)20-10-23-8-16-27(38)17-9-23)29(24-11-18-28(39)19-12-24)4-2-3-25(36)13-5-22-6-14-26(37)15-7-22/h2,4,6-12,14-21,25,29,36-39,41-42H,3,5,13H2,1H3/b4-2+,20-10+/t25?,29-/m0/s1. The molecule has 0 amide bonds. The van der Waals surface area contributed by atoms with Gasteiger partial charge in [0.1, 0.15) is 40.1 Å². The molecule has 43 heavy (non-hydrogen) atoms. The summed E-state index contributed by atoms with van der Waals surface area (Å²) in [6.07, 6.45) is 6.96. The molecular formula is C35H34O8. The first-order valence-electron chi connectivity index (χ1n) is 13.7. The molecule has 0 fully saturated rings. The number of methoxy groups -OCH3 is 1. The monoisotopic (exact) mass is 582 g/mol. The van der Waals surface area contributed by atoms with Gasteiger partial charge in [0, 0.05) is 17.5 Å². The molecule has 0 spiro atoms. The van der Waals surface area contributed by atoms with Gasteiger partial charge in [-0.1, -0.05) is 54.6 Å². The van der Waals surface area contributed by atoms with Crippen LogP contribution in [-0.2, 0) is 6.42 Å². The van der Waals surface area contributed by atoms with Gasteiger partial charge in [-0.3, -0.25) is 4.79 Å². The summed E-state index contributed by atoms with van der Waals surface area (Å²) in [7, 11) is 1.32. The van der Waals surface area contributed by atoms with Gasteiger partial charge >= 0.3 is 0 Å². The van der Waals surface area contributed by atoms with Crippen LogP contribution in [0, 0.1) is 0 Å². The molecule has 4 aromatic rings. The van der Waals surface area contributed by atoms with E-state index in [0.29, 0.717) is 24.0 Å². The first-order chi connectivity index (χ1) is 20.7. The summed E-state index contributed by atoms with van der Waals surface area (Å²) in [6.45, 7) is 0. The van der Waals surface area contributed by atoms with Gasteiger partial charge in [0.05, 0.1) is 13.2 Å². The largest absolute Gasteiger partial charge is 0.508 e. The Morgan fingerprint density at radius 3 is 2.02 bits per heavy atom. The minimum absolute atomic E-state index is 0.0165. The Labute approximate surface area is 249 Å². The molecule has 0 bridgehead atoms. The molecule has 4 rings (SSSR count). The maximum Gasteiger partial charge on any atom is 0.193 e. The topological polar surface area (TPSA) is 148 Å². The maximum atomic E-state index is 13.3. The van der Waals surface area contributed by atoms with Crippen LogP contribution in [0.2, 0.25) is 0 Å². The summed E-state index contributed by atoms with van der Waals surface area (Å²) in [4.78, 5) is 13.3. The van der Waals surface area contributed by atoms with Gasteiger partial charge in [-0.05, 0) is 78.4 Å². The highest BCUT2D eigenvalue weighted by molar-refractivity contribution is 6.11. The van der Waals surface area contributed by atoms with Crippen molar-refractivity contribution in [3.63, 3.8) is 0 Å². The van der Waals surface area contributed by atoms with Crippen LogP contribution in [0.25, 0.3) is 6.08 Å². The highest BCUT2D eigenvalue weighted by atomic mass is 16.5. The number of carbonyl (C=O) groups excluding carboxylic acids is 1. The van der Waals surface area contributed by atoms with Gasteiger partial charge in [-0.25, -0.2) is 0 Å². The van der Waals surface area contributed by atoms with Crippen molar-refractivity contribution in [1.82, 2.24) is 0 Å². The first kappa shape index (κ1) is 30.7. The Balaban J connectivity index is 1.64. The van der Waals surface area contributed by atoms with E-state index >= 15 is 0 Å². The third-order valence-electron chi connectivity index (χ3n) is 7.07. The average Bonchev–Trinajstić information content (AvgIpc) is 2.99. The molecule has 6 N–H and O–H groups in total. The second-order valence-corrected chi connectivity index (χ2v) is 10.1. The number of aromatic hydroxyl groups is 5. The van der Waals surface area contributed by atoms with Crippen LogP contribution in [0.15, 0.2) is 97.1 Å². The molecule has 4 aromatic carbocycles. The Hall–Kier alpha value is -5.21. The van der Waals surface area contributed by atoms with Crippen molar-refractivity contribution in [2.75, 3.05) is 7.11 Å². The van der Waals surface area contributed by atoms with E-state index in [-0.39, 0.29) is 46.3 Å². The van der Waals surface area contributed by atoms with E-state index in [1.807, 2.05) is 0 Å². The zero-order chi connectivity index (χ0) is 30.9. The Kier molecular flexibility index (Phi) is 10.1. The second kappa shape index (κ2) is 14.1. The maximum absolute atomic E-state index is 13.3. The molecule has 0 aliphatic rings. The van der Waals surface area contributed by atoms with Crippen LogP contribution < -0.4 is 4.74 Å². The minimum atomic E-state index is -0.747. The summed E-state index contributed by atoms with van der Waals surface area (Å²) in [6, 6.07) is 20.5. The third-order valence-corrected chi connectivity index (χ3v) is 7.07. The number of aliphatic hydroxyl groups excluding tert-OH is 1. The van der Waals surface area contributed by atoms with Crippen molar-refractivity contribution in [2.45, 2.75) is 31.3 Å². The Morgan fingerprint density at radius 1 is 0.837 bits per heavy atom. The summed E-state index contributed by atoms with van der Waals surface area (Å²) in [5.41, 5.74) is 2.16. The van der Waals surface area contributed by atoms with Crippen LogP contribution in [0.1, 0.15) is 51.4 Å². The smallest absolute Gasteiger partial charge is 0.193 e. The third kappa shape index (κ3) is 7.96. The number of hydrogen-bond acceptors (Lipinski definition) is 8. The SMILES string of the molecule is COc1cc(O)c([C@@H](/C=C/CC(O)CCc2ccc(O)cc2)c2ccc(O)cc2)c(O)c1C(=O)/C=C/c1ccc(O)cc1. The second-order valence-electron chi connectivity index (χ2n) is 10.1. The van der Waals surface area contributed by atoms with Crippen LogP contribution in [-0.4, -0.2) is 49.6 Å². The zero-order valence-electron chi connectivity index (χ0n) is 23.6. The first-order valence-corrected chi connectivity index (χ1v) is 13.7. The number of ketones is 1. The lowest BCUT2D eigenvalue weighted by molar-refractivity contribution is 0.104. The molecule has 0 aromatic heterocycles. The van der Waals surface area contributed by atoms with E-state index in [0.717, 1.165) is 5.56 Å². The normalized spacial score (nSPS) is 12.9. The summed E-state index contributed by atoms with van der Waals surface area (Å²) < 4.78 is 5.33. The lowest BCUT2D eigenvalue weighted by Crippen LogP contribution is -2.08. The zero-order valence-corrected chi connectivity index (χ0v) is 23.6. The number of carbonyl (C=O) groups is 1. The van der Waals surface area contributed by atoms with Gasteiger partial charge in [0.25, 0.3) is 0 Å². The fraction of sp³-hybridized carbons (Fsp3) is 0.171. The number of hydrogen-bond donors (Lipinski definition) is 6. The highest BCUT2D eigenvalue weighted by Crippen LogP contribution is 2.45. The molecule has 2 atom stereocenters. The molecule has 0 aliphatic carbocycles. The molecular weight excluding hydrogens is 548 g/mol. The molecule has 0 radical (unpaired) electrons. The molecule has 1 unspecified atom stereocenters. The molecule has 0 saturated carbocycles. The molecule has 222 valence electrons. The highest BCUT2D eigenvalue weighted by Gasteiger charge is 2.27. The molecule has 0 aliphatic heterocycles. The number of ether oxygens (including phenoxy) is 1. The van der Waals surface area contributed by atoms with Crippen molar-refractivity contribution in [3.8, 4) is 34.5 Å². The fourth-order valence-electron chi connectivity index (χ4n) is 4.73. The van der Waals surface area contributed by atoms with Crippen molar-refractivity contribution in [1.29, 1.82) is 0 Å². The predicted octanol–water partition coefficient (Wildman–Crippen LogP) is 6.19. The number of aliphatic hydroxyl groups is 1. The van der Waals surface area contributed by atoms with E-state index in [9.17, 15) is 35.4 Å². The van der Waals surface area contributed by atoms with Crippen molar-refractivity contribution in [3.05, 3.63) is 125 Å². The van der Waals surface area contributed by atoms with Crippen molar-refractivity contribution >= 4 is 11.9 Å². The van der Waals surface area contributed by atoms with Crippen molar-refractivity contribution < 1.29 is 40.2 Å². The fourth-order valence-corrected chi connectivity index (χ4v) is 4.73. The summed E-state index contributed by atoms with van der Waals surface area (Å²) in [5.74, 6) is -1.80. The van der Waals surface area contributed by atoms with E-state index in [1.54, 1.807) is 60.7 Å². The number of benzene rings is 4. The van der Waals surface area contributed by atoms with Gasteiger partial charge < -0.3 is 35.4 Å². The van der Waals surface area contributed by atoms with Crippen LogP contribution in [0.5, 0.6) is 34.5 Å². The number of rotatable bonds is 12. The molecule has 8 nitrogen and oxygen atoms in total. The van der Waals surface area contributed by atoms with Gasteiger partial charge in [-0.2, -0.15) is 0 Å². The molecule has 0 heterocycles. The lowest BCUT2D eigenvalue weighted by atomic mass is 9.86. The van der Waals surface area contributed by atoms with E-state index in [1.165, 1.54) is 49.6 Å². The predicted molar refractivity (Wildman–Crippen MR) is 164 cm³/mol. The Bertz CT molecular complexity index is 1590. The van der Waals surface area contributed by atoms with Gasteiger partial charge in [0.2, 0.25) is 0 Å². The number of phenolic OH excluding ortho intramolecular Hbond substituents is 5. The van der Waals surface area contributed by atoms with E-state index < -0.39 is 23.6 Å². The van der Waals surface area contributed by atoms with Crippen molar-refractivity contribution in [2.24, 2.45) is 0 Å². The van der Waals surface area contributed by atoms with Crippen LogP contribution >= 0.6 is 0 Å². The average molecular weight is 583 g/mol. The quantitative estimate of drug-likeness (QED) is 0.0658. The molecule has 8 heteroatoms. The van der Waals surface area contributed by atoms with E-state index in [4.69, 9.17) is 4.74 Å². The van der Waals surface area contributed by atoms with Crippen LogP contribution in [0.3, 0.4) is 0 Å². The summed E-state index contributed by atoms with van der Waals surface area (Å²) in [5, 5.41) is 61.9. The number of aryl methyl sites for hydroxylation is 1. The number of phenols is 5. The minimum Gasteiger partial charge on any atom is -0.508 e. The van der Waals surface area contributed by atoms with Gasteiger partial charge in [-0.15, -0.1) is 0 Å². The van der Waals surface area contributed by atoms with E-state index in [2.05, 4.69) is 0 Å². The number of allylic oxidation sites excluding steroid dienone is 2. The summed E-state index contributed by atoms with van der Waals surface area (Å²) >= 11 is 0.